The van der Waals surface area contributed by atoms with Gasteiger partial charge in [-0.05, 0) is 6.42 Å². The van der Waals surface area contributed by atoms with Gasteiger partial charge in [-0.2, -0.15) is 4.98 Å². The molecule has 65 valence electrons. The van der Waals surface area contributed by atoms with E-state index < -0.39 is 6.01 Å². The fourth-order valence-corrected chi connectivity index (χ4v) is 0.749. The van der Waals surface area contributed by atoms with Gasteiger partial charge < -0.3 is 10.3 Å². The number of aromatic nitrogens is 2. The average Bonchev–Trinajstić information content (AvgIpc) is 2.47. The zero-order valence-electron chi connectivity index (χ0n) is 6.76. The van der Waals surface area contributed by atoms with Gasteiger partial charge in [0.25, 0.3) is 5.91 Å². The van der Waals surface area contributed by atoms with E-state index in [0.29, 0.717) is 6.54 Å². The monoisotopic (exact) mass is 168 g/mol. The minimum Gasteiger partial charge on any atom is -0.351 e. The lowest BCUT2D eigenvalue weighted by Crippen LogP contribution is -2.24. The predicted octanol–water partition coefficient (Wildman–Crippen LogP) is 0.693. The Balaban J connectivity index is 2.53. The fourth-order valence-electron chi connectivity index (χ4n) is 0.749. The van der Waals surface area contributed by atoms with Crippen LogP contribution in [0.25, 0.3) is 0 Å². The van der Waals surface area contributed by atoms with Crippen molar-refractivity contribution in [3.8, 4) is 6.01 Å². The maximum absolute atomic E-state index is 11.1. The molecule has 0 aliphatic carbocycles. The summed E-state index contributed by atoms with van der Waals surface area (Å²) in [5.74, 6) is -0.310. The molecule has 0 spiro atoms. The molecule has 0 aliphatic rings. The van der Waals surface area contributed by atoms with Crippen molar-refractivity contribution in [2.24, 2.45) is 0 Å². The van der Waals surface area contributed by atoms with Crippen molar-refractivity contribution in [1.29, 1.82) is 0 Å². The highest BCUT2D eigenvalue weighted by molar-refractivity contribution is 5.92. The number of H-pyrrole nitrogens is 1. The van der Waals surface area contributed by atoms with Crippen LogP contribution in [0.15, 0.2) is 6.20 Å². The van der Waals surface area contributed by atoms with E-state index in [9.17, 15) is 9.90 Å². The van der Waals surface area contributed by atoms with Gasteiger partial charge in [0.2, 0.25) is 0 Å². The van der Waals surface area contributed by atoms with Crippen molar-refractivity contribution in [2.75, 3.05) is 6.54 Å². The molecular weight excluding hydrogens is 158 g/mol. The van der Waals surface area contributed by atoms with E-state index in [2.05, 4.69) is 15.3 Å². The summed E-state index contributed by atoms with van der Waals surface area (Å²) < 4.78 is 0. The first kappa shape index (κ1) is 8.58. The number of nitrogens with one attached hydrogen (secondary N) is 2. The number of amides is 1. The smallest absolute Gasteiger partial charge is 0.345 e. The zero-order chi connectivity index (χ0) is 8.97. The Kier molecular flexibility index (Phi) is 2.68. The lowest BCUT2D eigenvalue weighted by molar-refractivity contribution is 0.0948. The van der Waals surface area contributed by atoms with E-state index in [1.165, 1.54) is 6.20 Å². The summed E-state index contributed by atoms with van der Waals surface area (Å²) in [6.07, 6.45) is 2.16. The Labute approximate surface area is 69.8 Å². The molecule has 5 nitrogen and oxygen atoms in total. The molecule has 0 saturated carbocycles. The lowest BCUT2D eigenvalue weighted by Gasteiger charge is -1.97. The van der Waals surface area contributed by atoms with E-state index in [0.717, 1.165) is 6.42 Å². The van der Waals surface area contributed by atoms with Gasteiger partial charge in [-0.15, -0.1) is 0 Å². The van der Waals surface area contributed by atoms with Crippen LogP contribution in [0.3, 0.4) is 0 Å². The summed E-state index contributed by atoms with van der Waals surface area (Å²) in [5, 5.41) is 13.1. The van der Waals surface area contributed by atoms with Crippen molar-refractivity contribution < 1.29 is 9.90 Å². The summed E-state index contributed by atoms with van der Waals surface area (Å²) in [6, 6.07) is -0.489. The highest BCUT2D eigenvalue weighted by atomic mass is 16.3. The zero-order valence-corrected chi connectivity index (χ0v) is 6.76. The minimum atomic E-state index is -0.489. The first-order chi connectivity index (χ1) is 5.74. The number of nitrogens with zero attached hydrogens (tertiary/aromatic N) is 1. The normalized spacial score (nSPS) is 9.75. The van der Waals surface area contributed by atoms with Crippen molar-refractivity contribution in [1.82, 2.24) is 15.3 Å². The molecule has 1 radical (unpaired) electrons. The van der Waals surface area contributed by atoms with E-state index in [1.807, 2.05) is 6.92 Å². The molecule has 2 N–H and O–H groups in total. The molecule has 1 amide bonds. The number of hydrogen-bond donors (Lipinski definition) is 2. The molecule has 1 rings (SSSR count). The molecule has 1 heterocycles. The number of imidazole rings is 1. The van der Waals surface area contributed by atoms with Crippen LogP contribution in [0, 0.1) is 0 Å². The van der Waals surface area contributed by atoms with E-state index >= 15 is 0 Å². The predicted molar refractivity (Wildman–Crippen MR) is 41.3 cm³/mol. The number of hydrogen-bond acceptors (Lipinski definition) is 2. The third-order valence-electron chi connectivity index (χ3n) is 1.32. The van der Waals surface area contributed by atoms with Crippen LogP contribution in [0.4, 0.5) is 0 Å². The van der Waals surface area contributed by atoms with Crippen LogP contribution in [-0.4, -0.2) is 22.4 Å². The largest absolute Gasteiger partial charge is 0.351 e. The molecule has 0 bridgehead atoms. The van der Waals surface area contributed by atoms with Crippen molar-refractivity contribution in [3.63, 3.8) is 0 Å². The number of rotatable bonds is 3. The summed E-state index contributed by atoms with van der Waals surface area (Å²) in [6.45, 7) is 2.55. The molecule has 1 aromatic heterocycles. The molecule has 1 aromatic rings. The third-order valence-corrected chi connectivity index (χ3v) is 1.32. The SMILES string of the molecule is CCCNC(=O)c1c[nH]c([O])n1. The Bertz CT molecular complexity index is 269. The Morgan fingerprint density at radius 1 is 1.75 bits per heavy atom. The average molecular weight is 168 g/mol. The third kappa shape index (κ3) is 1.98. The second-order valence-corrected chi connectivity index (χ2v) is 2.35. The maximum Gasteiger partial charge on any atom is 0.345 e. The number of aromatic amines is 1. The van der Waals surface area contributed by atoms with Gasteiger partial charge in [-0.25, -0.2) is 5.11 Å². The highest BCUT2D eigenvalue weighted by Gasteiger charge is 2.08. The summed E-state index contributed by atoms with van der Waals surface area (Å²) in [7, 11) is 0. The summed E-state index contributed by atoms with van der Waals surface area (Å²) >= 11 is 0. The molecule has 0 fully saturated rings. The molecule has 12 heavy (non-hydrogen) atoms. The second kappa shape index (κ2) is 3.75. The minimum absolute atomic E-state index is 0.147. The number of carbonyl (C=O) groups excluding carboxylic acids is 1. The maximum atomic E-state index is 11.1. The topological polar surface area (TPSA) is 77.7 Å². The van der Waals surface area contributed by atoms with Gasteiger partial charge in [0.15, 0.2) is 0 Å². The Morgan fingerprint density at radius 3 is 3.00 bits per heavy atom. The first-order valence-electron chi connectivity index (χ1n) is 3.74. The molecule has 0 aliphatic heterocycles. The van der Waals surface area contributed by atoms with Crippen LogP contribution in [0.5, 0.6) is 6.01 Å². The van der Waals surface area contributed by atoms with Crippen LogP contribution < -0.4 is 5.32 Å². The lowest BCUT2D eigenvalue weighted by atomic mass is 10.4. The van der Waals surface area contributed by atoms with Gasteiger partial charge in [0.1, 0.15) is 5.69 Å². The molecule has 0 aromatic carbocycles. The van der Waals surface area contributed by atoms with E-state index in [4.69, 9.17) is 0 Å². The molecule has 0 saturated heterocycles. The molecular formula is C7H10N3O2. The van der Waals surface area contributed by atoms with Crippen LogP contribution in [0.2, 0.25) is 0 Å². The second-order valence-electron chi connectivity index (χ2n) is 2.35. The quantitative estimate of drug-likeness (QED) is 0.696. The molecule has 0 atom stereocenters. The molecule has 0 unspecified atom stereocenters. The summed E-state index contributed by atoms with van der Waals surface area (Å²) in [4.78, 5) is 16.8. The van der Waals surface area contributed by atoms with Crippen LogP contribution in [-0.2, 0) is 5.11 Å². The van der Waals surface area contributed by atoms with Crippen LogP contribution >= 0.6 is 0 Å². The van der Waals surface area contributed by atoms with Gasteiger partial charge in [0, 0.05) is 12.7 Å². The number of carbonyl (C=O) groups is 1. The highest BCUT2D eigenvalue weighted by Crippen LogP contribution is 2.01. The van der Waals surface area contributed by atoms with Gasteiger partial charge in [-0.1, -0.05) is 6.92 Å². The fraction of sp³-hybridized carbons (Fsp3) is 0.429. The standard InChI is InChI=1S/C7H10N3O2/c1-2-3-8-6(11)5-4-9-7(12)10-5/h4H,2-3H2,1H3,(H,8,11)(H,9,10). The van der Waals surface area contributed by atoms with Gasteiger partial charge in [-0.3, -0.25) is 4.79 Å². The van der Waals surface area contributed by atoms with Crippen molar-refractivity contribution >= 4 is 5.91 Å². The Morgan fingerprint density at radius 2 is 2.50 bits per heavy atom. The first-order valence-corrected chi connectivity index (χ1v) is 3.74. The van der Waals surface area contributed by atoms with E-state index in [1.54, 1.807) is 0 Å². The Hall–Kier alpha value is -1.52. The van der Waals surface area contributed by atoms with E-state index in [-0.39, 0.29) is 11.6 Å². The van der Waals surface area contributed by atoms with Crippen molar-refractivity contribution in [3.05, 3.63) is 11.9 Å². The van der Waals surface area contributed by atoms with Crippen molar-refractivity contribution in [2.45, 2.75) is 13.3 Å². The van der Waals surface area contributed by atoms with Crippen LogP contribution in [0.1, 0.15) is 23.8 Å². The molecule has 5 heteroatoms. The van der Waals surface area contributed by atoms with Gasteiger partial charge >= 0.3 is 6.01 Å². The summed E-state index contributed by atoms with van der Waals surface area (Å²) in [5.41, 5.74) is 0.147. The van der Waals surface area contributed by atoms with Gasteiger partial charge in [0.05, 0.1) is 0 Å².